The molecule has 20 heavy (non-hydrogen) atoms. The van der Waals surface area contributed by atoms with Gasteiger partial charge in [-0.05, 0) is 37.8 Å². The number of nitrogens with zero attached hydrogens (tertiary/aromatic N) is 2. The predicted octanol–water partition coefficient (Wildman–Crippen LogP) is 3.62. The zero-order chi connectivity index (χ0) is 13.9. The van der Waals surface area contributed by atoms with E-state index in [1.54, 1.807) is 0 Å². The fraction of sp³-hybridized carbons (Fsp3) is 0.400. The first-order valence-electron chi connectivity index (χ1n) is 6.98. The van der Waals surface area contributed by atoms with Crippen LogP contribution in [0.2, 0.25) is 0 Å². The number of nitrogens with two attached hydrogens (primary N) is 1. The van der Waals surface area contributed by atoms with Gasteiger partial charge in [0.1, 0.15) is 17.3 Å². The van der Waals surface area contributed by atoms with Gasteiger partial charge < -0.3 is 10.3 Å². The number of halogens is 2. The summed E-state index contributed by atoms with van der Waals surface area (Å²) in [5.41, 5.74) is 6.71. The Morgan fingerprint density at radius 2 is 1.90 bits per heavy atom. The van der Waals surface area contributed by atoms with Crippen LogP contribution in [0.25, 0.3) is 11.3 Å². The Morgan fingerprint density at radius 1 is 1.15 bits per heavy atom. The van der Waals surface area contributed by atoms with Gasteiger partial charge in [0.2, 0.25) is 0 Å². The lowest BCUT2D eigenvalue weighted by Gasteiger charge is -2.07. The summed E-state index contributed by atoms with van der Waals surface area (Å²) < 4.78 is 29.4. The van der Waals surface area contributed by atoms with E-state index in [0.717, 1.165) is 37.6 Å². The maximum Gasteiger partial charge on any atom is 0.168 e. The second-order valence-corrected chi connectivity index (χ2v) is 5.68. The zero-order valence-corrected chi connectivity index (χ0v) is 10.9. The Labute approximate surface area is 115 Å². The van der Waals surface area contributed by atoms with Crippen LogP contribution in [0.4, 0.5) is 14.6 Å². The van der Waals surface area contributed by atoms with Gasteiger partial charge in [-0.2, -0.15) is 0 Å². The molecule has 0 aliphatic heterocycles. The summed E-state index contributed by atoms with van der Waals surface area (Å²) in [5, 5.41) is 0. The summed E-state index contributed by atoms with van der Waals surface area (Å²) in [7, 11) is 0. The Kier molecular flexibility index (Phi) is 2.40. The van der Waals surface area contributed by atoms with Gasteiger partial charge in [-0.15, -0.1) is 0 Å². The molecule has 2 N–H and O–H groups in total. The van der Waals surface area contributed by atoms with Crippen LogP contribution in [-0.4, -0.2) is 9.55 Å². The van der Waals surface area contributed by atoms with Gasteiger partial charge in [-0.3, -0.25) is 0 Å². The van der Waals surface area contributed by atoms with E-state index in [-0.39, 0.29) is 5.56 Å². The van der Waals surface area contributed by atoms with Crippen molar-refractivity contribution in [1.29, 1.82) is 0 Å². The maximum atomic E-state index is 14.0. The van der Waals surface area contributed by atoms with E-state index in [4.69, 9.17) is 5.73 Å². The average Bonchev–Trinajstić information content (AvgIpc) is 3.32. The summed E-state index contributed by atoms with van der Waals surface area (Å²) in [6.45, 7) is 0. The Morgan fingerprint density at radius 3 is 2.55 bits per heavy atom. The fourth-order valence-corrected chi connectivity index (χ4v) is 2.69. The molecule has 0 spiro atoms. The van der Waals surface area contributed by atoms with Crippen molar-refractivity contribution in [2.24, 2.45) is 0 Å². The summed E-state index contributed by atoms with van der Waals surface area (Å²) >= 11 is 0. The normalized spacial score (nSPS) is 18.5. The molecule has 1 aromatic carbocycles. The SMILES string of the molecule is Nc1c(-c2cccc(F)c2F)nc(C2CC2)n1C1CC1. The molecule has 0 saturated heterocycles. The van der Waals surface area contributed by atoms with Crippen molar-refractivity contribution in [2.45, 2.75) is 37.6 Å². The van der Waals surface area contributed by atoms with Crippen LogP contribution < -0.4 is 5.73 Å². The number of aromatic nitrogens is 2. The highest BCUT2D eigenvalue weighted by Gasteiger charge is 2.37. The molecule has 4 rings (SSSR count). The number of nitrogen functional groups attached to an aromatic ring is 1. The van der Waals surface area contributed by atoms with Crippen molar-refractivity contribution in [3.05, 3.63) is 35.7 Å². The highest BCUT2D eigenvalue weighted by Crippen LogP contribution is 2.48. The lowest BCUT2D eigenvalue weighted by Crippen LogP contribution is -2.04. The van der Waals surface area contributed by atoms with Crippen molar-refractivity contribution < 1.29 is 8.78 Å². The Hall–Kier alpha value is -1.91. The topological polar surface area (TPSA) is 43.8 Å². The summed E-state index contributed by atoms with van der Waals surface area (Å²) in [5.74, 6) is 0.115. The Balaban J connectivity index is 1.89. The van der Waals surface area contributed by atoms with Crippen LogP contribution in [0.3, 0.4) is 0 Å². The standard InChI is InChI=1S/C15H15F2N3/c16-11-3-1-2-10(12(11)17)13-14(18)20(9-6-7-9)15(19-13)8-4-5-8/h1-3,8-9H,4-7,18H2. The Bertz CT molecular complexity index is 685. The lowest BCUT2D eigenvalue weighted by molar-refractivity contribution is 0.511. The molecular weight excluding hydrogens is 260 g/mol. The van der Waals surface area contributed by atoms with Crippen LogP contribution in [0.5, 0.6) is 0 Å². The number of rotatable bonds is 3. The van der Waals surface area contributed by atoms with Crippen molar-refractivity contribution >= 4 is 5.82 Å². The van der Waals surface area contributed by atoms with Gasteiger partial charge in [0.15, 0.2) is 11.6 Å². The third-order valence-corrected chi connectivity index (χ3v) is 4.04. The smallest absolute Gasteiger partial charge is 0.168 e. The van der Waals surface area contributed by atoms with Crippen molar-refractivity contribution in [1.82, 2.24) is 9.55 Å². The number of hydrogen-bond donors (Lipinski definition) is 1. The first kappa shape index (κ1) is 11.9. The van der Waals surface area contributed by atoms with Gasteiger partial charge in [0.25, 0.3) is 0 Å². The third kappa shape index (κ3) is 1.72. The molecular formula is C15H15F2N3. The third-order valence-electron chi connectivity index (χ3n) is 4.04. The molecule has 5 heteroatoms. The maximum absolute atomic E-state index is 14.0. The number of anilines is 1. The van der Waals surface area contributed by atoms with E-state index < -0.39 is 11.6 Å². The first-order valence-corrected chi connectivity index (χ1v) is 6.98. The lowest BCUT2D eigenvalue weighted by atomic mass is 10.1. The molecule has 2 aliphatic rings. The minimum atomic E-state index is -0.873. The highest BCUT2D eigenvalue weighted by molar-refractivity contribution is 5.72. The molecule has 2 aliphatic carbocycles. The van der Waals surface area contributed by atoms with Gasteiger partial charge >= 0.3 is 0 Å². The molecule has 0 bridgehead atoms. The van der Waals surface area contributed by atoms with Gasteiger partial charge in [0.05, 0.1) is 0 Å². The molecule has 2 aromatic rings. The molecule has 0 amide bonds. The van der Waals surface area contributed by atoms with Crippen LogP contribution in [0.15, 0.2) is 18.2 Å². The monoisotopic (exact) mass is 275 g/mol. The van der Waals surface area contributed by atoms with Crippen LogP contribution in [0, 0.1) is 11.6 Å². The quantitative estimate of drug-likeness (QED) is 0.929. The minimum Gasteiger partial charge on any atom is -0.383 e. The van der Waals surface area contributed by atoms with E-state index in [0.29, 0.717) is 23.5 Å². The molecule has 3 nitrogen and oxygen atoms in total. The van der Waals surface area contributed by atoms with Gasteiger partial charge in [-0.25, -0.2) is 13.8 Å². The van der Waals surface area contributed by atoms with E-state index in [1.165, 1.54) is 12.1 Å². The molecule has 0 unspecified atom stereocenters. The number of benzene rings is 1. The van der Waals surface area contributed by atoms with Crippen molar-refractivity contribution in [3.8, 4) is 11.3 Å². The molecule has 104 valence electrons. The number of imidazole rings is 1. The van der Waals surface area contributed by atoms with E-state index in [9.17, 15) is 8.78 Å². The zero-order valence-electron chi connectivity index (χ0n) is 10.9. The van der Waals surface area contributed by atoms with Gasteiger partial charge in [0, 0.05) is 17.5 Å². The molecule has 1 aromatic heterocycles. The fourth-order valence-electron chi connectivity index (χ4n) is 2.69. The van der Waals surface area contributed by atoms with Gasteiger partial charge in [-0.1, -0.05) is 6.07 Å². The minimum absolute atomic E-state index is 0.156. The summed E-state index contributed by atoms with van der Waals surface area (Å²) in [6, 6.07) is 4.52. The van der Waals surface area contributed by atoms with Crippen molar-refractivity contribution in [3.63, 3.8) is 0 Å². The highest BCUT2D eigenvalue weighted by atomic mass is 19.2. The second-order valence-electron chi connectivity index (χ2n) is 5.68. The number of hydrogen-bond acceptors (Lipinski definition) is 2. The first-order chi connectivity index (χ1) is 9.66. The molecule has 2 saturated carbocycles. The molecule has 2 fully saturated rings. The van der Waals surface area contributed by atoms with Crippen LogP contribution in [0.1, 0.15) is 43.5 Å². The molecule has 0 radical (unpaired) electrons. The summed E-state index contributed by atoms with van der Waals surface area (Å²) in [6.07, 6.45) is 4.39. The van der Waals surface area contributed by atoms with E-state index in [2.05, 4.69) is 4.98 Å². The second kappa shape index (κ2) is 4.04. The largest absolute Gasteiger partial charge is 0.383 e. The van der Waals surface area contributed by atoms with Crippen LogP contribution >= 0.6 is 0 Å². The van der Waals surface area contributed by atoms with E-state index >= 15 is 0 Å². The predicted molar refractivity (Wildman–Crippen MR) is 72.2 cm³/mol. The van der Waals surface area contributed by atoms with Crippen LogP contribution in [-0.2, 0) is 0 Å². The molecule has 1 heterocycles. The van der Waals surface area contributed by atoms with Crippen molar-refractivity contribution in [2.75, 3.05) is 5.73 Å². The summed E-state index contributed by atoms with van der Waals surface area (Å²) in [4.78, 5) is 4.54. The van der Waals surface area contributed by atoms with E-state index in [1.807, 2.05) is 4.57 Å². The average molecular weight is 275 g/mol. The molecule has 0 atom stereocenters.